The molecule has 5 rings (SSSR count). The minimum absolute atomic E-state index is 0.0220. The van der Waals surface area contributed by atoms with E-state index >= 15 is 4.39 Å². The highest BCUT2D eigenvalue weighted by molar-refractivity contribution is 6.16. The fraction of sp³-hybridized carbons (Fsp3) is 0.226. The number of fused-ring (bicyclic) bond motifs is 3. The van der Waals surface area contributed by atoms with Crippen LogP contribution in [0.2, 0.25) is 0 Å². The SMILES string of the molecule is [2H]C([2H])(c1c[n+](C)c(-c2c(C)ccc3c2oc2cc([N+]#[C-])cc(-c4ccccc4)c23)cc1F)C(C)(C)C. The first-order valence-electron chi connectivity index (χ1n) is 12.6. The molecule has 0 aliphatic carbocycles. The number of benzene rings is 3. The molecule has 0 radical (unpaired) electrons. The summed E-state index contributed by atoms with van der Waals surface area (Å²) < 4.78 is 40.9. The molecule has 0 N–H and O–H groups in total. The molecule has 35 heavy (non-hydrogen) atoms. The second-order valence-corrected chi connectivity index (χ2v) is 9.99. The Morgan fingerprint density at radius 3 is 2.51 bits per heavy atom. The van der Waals surface area contributed by atoms with Crippen molar-refractivity contribution >= 4 is 27.6 Å². The number of aromatic nitrogens is 1. The van der Waals surface area contributed by atoms with E-state index in [0.29, 0.717) is 22.5 Å². The Bertz CT molecular complexity index is 1720. The van der Waals surface area contributed by atoms with Gasteiger partial charge in [-0.25, -0.2) is 13.8 Å². The monoisotopic (exact) mass is 465 g/mol. The van der Waals surface area contributed by atoms with Crippen LogP contribution in [0.3, 0.4) is 0 Å². The van der Waals surface area contributed by atoms with Crippen LogP contribution in [0.25, 0.3) is 49.2 Å². The Hall–Kier alpha value is -3.97. The lowest BCUT2D eigenvalue weighted by Gasteiger charge is -2.18. The van der Waals surface area contributed by atoms with Gasteiger partial charge in [-0.1, -0.05) is 63.2 Å². The van der Waals surface area contributed by atoms with E-state index in [2.05, 4.69) is 4.85 Å². The molecule has 4 heteroatoms. The van der Waals surface area contributed by atoms with Crippen LogP contribution in [0.5, 0.6) is 0 Å². The number of hydrogen-bond donors (Lipinski definition) is 0. The summed E-state index contributed by atoms with van der Waals surface area (Å²) in [4.78, 5) is 3.65. The second-order valence-electron chi connectivity index (χ2n) is 9.99. The number of nitrogens with zero attached hydrogens (tertiary/aromatic N) is 2. The van der Waals surface area contributed by atoms with Crippen molar-refractivity contribution in [2.75, 3.05) is 0 Å². The van der Waals surface area contributed by atoms with E-state index in [-0.39, 0.29) is 5.56 Å². The summed E-state index contributed by atoms with van der Waals surface area (Å²) in [5.41, 5.74) is 5.03. The van der Waals surface area contributed by atoms with E-state index in [4.69, 9.17) is 13.7 Å². The van der Waals surface area contributed by atoms with Gasteiger partial charge in [-0.15, -0.1) is 0 Å². The van der Waals surface area contributed by atoms with Crippen molar-refractivity contribution in [3.8, 4) is 22.4 Å². The van der Waals surface area contributed by atoms with Crippen molar-refractivity contribution in [1.29, 1.82) is 0 Å². The molecule has 0 atom stereocenters. The van der Waals surface area contributed by atoms with Crippen molar-refractivity contribution in [2.24, 2.45) is 12.5 Å². The zero-order valence-electron chi connectivity index (χ0n) is 22.5. The van der Waals surface area contributed by atoms with Crippen molar-refractivity contribution < 1.29 is 16.1 Å². The minimum atomic E-state index is -1.87. The standard InChI is InChI=1S/C31H28FN2O/c1-19-12-13-23-29-24(20-10-8-7-9-11-20)14-22(33-5)15-27(29)35-30(23)28(19)26-16-25(32)21(18-34(26)6)17-31(2,3)4/h7-16,18H,17H2,1-4,6H3/q+1/i17D2. The van der Waals surface area contributed by atoms with E-state index in [1.165, 1.54) is 6.07 Å². The molecule has 0 aliphatic heterocycles. The van der Waals surface area contributed by atoms with Crippen LogP contribution in [0.1, 0.15) is 34.6 Å². The van der Waals surface area contributed by atoms with Gasteiger partial charge >= 0.3 is 0 Å². The third-order valence-electron chi connectivity index (χ3n) is 6.14. The number of aryl methyl sites for hydroxylation is 2. The Morgan fingerprint density at radius 2 is 1.83 bits per heavy atom. The van der Waals surface area contributed by atoms with E-state index in [1.807, 2.05) is 55.5 Å². The lowest BCUT2D eigenvalue weighted by Crippen LogP contribution is -2.33. The first-order valence-corrected chi connectivity index (χ1v) is 11.6. The van der Waals surface area contributed by atoms with Crippen molar-refractivity contribution in [1.82, 2.24) is 0 Å². The van der Waals surface area contributed by atoms with Crippen LogP contribution < -0.4 is 4.57 Å². The molecule has 0 bridgehead atoms. The summed E-state index contributed by atoms with van der Waals surface area (Å²) in [6.45, 7) is 14.8. The van der Waals surface area contributed by atoms with Crippen LogP contribution in [-0.2, 0) is 13.4 Å². The van der Waals surface area contributed by atoms with Gasteiger partial charge in [0, 0.05) is 19.6 Å². The van der Waals surface area contributed by atoms with Gasteiger partial charge in [0.05, 0.1) is 17.7 Å². The quantitative estimate of drug-likeness (QED) is 0.194. The molecule has 3 nitrogen and oxygen atoms in total. The summed E-state index contributed by atoms with van der Waals surface area (Å²) in [5.74, 6) is -0.596. The summed E-state index contributed by atoms with van der Waals surface area (Å²) in [7, 11) is 1.80. The highest BCUT2D eigenvalue weighted by atomic mass is 19.1. The molecule has 3 aromatic carbocycles. The molecule has 0 spiro atoms. The second kappa shape index (κ2) is 8.36. The molecule has 2 heterocycles. The number of furan rings is 1. The van der Waals surface area contributed by atoms with Crippen LogP contribution in [0, 0.1) is 24.7 Å². The number of hydrogen-bond acceptors (Lipinski definition) is 1. The van der Waals surface area contributed by atoms with E-state index in [0.717, 1.165) is 33.0 Å². The largest absolute Gasteiger partial charge is 0.456 e. The van der Waals surface area contributed by atoms with Gasteiger partial charge < -0.3 is 4.42 Å². The Morgan fingerprint density at radius 1 is 1.09 bits per heavy atom. The Labute approximate surface area is 208 Å². The summed E-state index contributed by atoms with van der Waals surface area (Å²) in [6.07, 6.45) is -0.322. The maximum absolute atomic E-state index is 15.5. The molecule has 0 saturated carbocycles. The number of pyridine rings is 1. The van der Waals surface area contributed by atoms with Crippen LogP contribution in [0.4, 0.5) is 10.1 Å². The van der Waals surface area contributed by atoms with Crippen molar-refractivity contribution in [3.63, 3.8) is 0 Å². The first kappa shape index (κ1) is 20.4. The Balaban J connectivity index is 1.82. The van der Waals surface area contributed by atoms with Crippen molar-refractivity contribution in [2.45, 2.75) is 34.1 Å². The molecular formula is C31H28FN2O+. The highest BCUT2D eigenvalue weighted by Crippen LogP contribution is 2.43. The molecule has 0 fully saturated rings. The number of halogens is 1. The van der Waals surface area contributed by atoms with Crippen molar-refractivity contribution in [3.05, 3.63) is 95.2 Å². The van der Waals surface area contributed by atoms with Gasteiger partial charge in [-0.2, -0.15) is 0 Å². The fourth-order valence-electron chi connectivity index (χ4n) is 4.65. The van der Waals surface area contributed by atoms with Gasteiger partial charge in [0.15, 0.2) is 11.9 Å². The van der Waals surface area contributed by atoms with E-state index in [9.17, 15) is 0 Å². The topological polar surface area (TPSA) is 21.4 Å². The number of rotatable bonds is 3. The smallest absolute Gasteiger partial charge is 0.219 e. The Kier molecular flexibility index (Phi) is 4.87. The average molecular weight is 466 g/mol. The van der Waals surface area contributed by atoms with Crippen LogP contribution in [-0.4, -0.2) is 0 Å². The first-order chi connectivity index (χ1) is 17.4. The zero-order valence-corrected chi connectivity index (χ0v) is 20.5. The lowest BCUT2D eigenvalue weighted by molar-refractivity contribution is -0.661. The average Bonchev–Trinajstić information content (AvgIpc) is 3.23. The van der Waals surface area contributed by atoms with Gasteiger partial charge in [-0.05, 0) is 47.5 Å². The molecule has 0 amide bonds. The summed E-state index contributed by atoms with van der Waals surface area (Å²) in [5, 5.41) is 1.78. The molecule has 174 valence electrons. The van der Waals surface area contributed by atoms with E-state index < -0.39 is 17.6 Å². The third-order valence-corrected chi connectivity index (χ3v) is 6.14. The molecule has 0 saturated heterocycles. The van der Waals surface area contributed by atoms with Gasteiger partial charge in [0.25, 0.3) is 0 Å². The predicted molar refractivity (Wildman–Crippen MR) is 140 cm³/mol. The van der Waals surface area contributed by atoms with Crippen LogP contribution >= 0.6 is 0 Å². The molecule has 0 unspecified atom stereocenters. The molecular weight excluding hydrogens is 435 g/mol. The van der Waals surface area contributed by atoms with Gasteiger partial charge in [-0.3, -0.25) is 0 Å². The fourth-order valence-corrected chi connectivity index (χ4v) is 4.65. The normalized spacial score (nSPS) is 13.1. The highest BCUT2D eigenvalue weighted by Gasteiger charge is 2.25. The summed E-state index contributed by atoms with van der Waals surface area (Å²) >= 11 is 0. The molecule has 2 aromatic heterocycles. The third kappa shape index (κ3) is 4.08. The molecule has 5 aromatic rings. The van der Waals surface area contributed by atoms with Gasteiger partial charge in [0.2, 0.25) is 5.69 Å². The van der Waals surface area contributed by atoms with Gasteiger partial charge in [0.1, 0.15) is 24.0 Å². The molecule has 0 aliphatic rings. The minimum Gasteiger partial charge on any atom is -0.456 e. The maximum atomic E-state index is 15.5. The summed E-state index contributed by atoms with van der Waals surface area (Å²) in [6, 6.07) is 18.9. The zero-order chi connectivity index (χ0) is 26.7. The lowest BCUT2D eigenvalue weighted by atomic mass is 9.88. The van der Waals surface area contributed by atoms with Crippen LogP contribution in [0.15, 0.2) is 71.3 Å². The predicted octanol–water partition coefficient (Wildman–Crippen LogP) is 8.33. The maximum Gasteiger partial charge on any atom is 0.219 e. The van der Waals surface area contributed by atoms with E-state index in [1.54, 1.807) is 44.6 Å².